The van der Waals surface area contributed by atoms with Gasteiger partial charge in [0.05, 0.1) is 28.5 Å². The molecule has 0 aliphatic carbocycles. The fraction of sp³-hybridized carbons (Fsp3) is 0.190. The zero-order valence-corrected chi connectivity index (χ0v) is 15.8. The number of aryl methyl sites for hydroxylation is 1. The van der Waals surface area contributed by atoms with Crippen LogP contribution in [0.25, 0.3) is 22.3 Å². The van der Waals surface area contributed by atoms with E-state index in [1.165, 1.54) is 6.20 Å². The molecule has 0 saturated heterocycles. The maximum atomic E-state index is 13.0. The van der Waals surface area contributed by atoms with Crippen LogP contribution >= 0.6 is 0 Å². The van der Waals surface area contributed by atoms with Crippen LogP contribution in [0.1, 0.15) is 17.3 Å². The first-order chi connectivity index (χ1) is 14.2. The van der Waals surface area contributed by atoms with Gasteiger partial charge in [0.1, 0.15) is 13.2 Å². The summed E-state index contributed by atoms with van der Waals surface area (Å²) in [5, 5.41) is 9.91. The minimum absolute atomic E-state index is 0.284. The van der Waals surface area contributed by atoms with Gasteiger partial charge in [-0.05, 0) is 37.3 Å². The molecule has 2 aromatic carbocycles. The Morgan fingerprint density at radius 3 is 2.86 bits per heavy atom. The molecule has 1 aliphatic heterocycles. The van der Waals surface area contributed by atoms with Crippen molar-refractivity contribution in [3.63, 3.8) is 0 Å². The van der Waals surface area contributed by atoms with Gasteiger partial charge >= 0.3 is 0 Å². The zero-order valence-electron chi connectivity index (χ0n) is 15.8. The third-order valence-electron chi connectivity index (χ3n) is 4.91. The van der Waals surface area contributed by atoms with Gasteiger partial charge in [-0.3, -0.25) is 15.2 Å². The third kappa shape index (κ3) is 2.98. The second kappa shape index (κ2) is 6.97. The molecule has 0 fully saturated rings. The van der Waals surface area contributed by atoms with Crippen LogP contribution in [0.2, 0.25) is 0 Å². The van der Waals surface area contributed by atoms with E-state index in [4.69, 9.17) is 9.47 Å². The highest BCUT2D eigenvalue weighted by Gasteiger charge is 2.20. The molecule has 0 atom stereocenters. The van der Waals surface area contributed by atoms with E-state index in [-0.39, 0.29) is 5.91 Å². The van der Waals surface area contributed by atoms with E-state index < -0.39 is 0 Å². The summed E-state index contributed by atoms with van der Waals surface area (Å²) >= 11 is 0. The number of para-hydroxylation sites is 2. The van der Waals surface area contributed by atoms with E-state index in [0.717, 1.165) is 16.6 Å². The number of hydrogen-bond acceptors (Lipinski definition) is 5. The highest BCUT2D eigenvalue weighted by atomic mass is 16.6. The fourth-order valence-corrected chi connectivity index (χ4v) is 3.54. The highest BCUT2D eigenvalue weighted by molar-refractivity contribution is 6.07. The number of amides is 1. The molecule has 1 amide bonds. The van der Waals surface area contributed by atoms with Crippen LogP contribution < -0.4 is 14.8 Å². The average molecular weight is 389 g/mol. The molecule has 3 heterocycles. The monoisotopic (exact) mass is 389 g/mol. The lowest BCUT2D eigenvalue weighted by Gasteiger charge is -2.18. The standard InChI is InChI=1S/C21H19N5O3/c1-2-26-16-6-4-3-5-15(16)23-21(26)24-20(27)14-12-22-25-19(14)13-7-8-17-18(11-13)29-10-9-28-17/h3-8,11-12H,2,9-10H2,1H3,(H,22,25)(H,23,24,27). The Kier molecular flexibility index (Phi) is 4.16. The molecular formula is C21H19N5O3. The van der Waals surface area contributed by atoms with Crippen LogP contribution in [0.3, 0.4) is 0 Å². The number of fused-ring (bicyclic) bond motifs is 2. The molecule has 0 radical (unpaired) electrons. The normalized spacial score (nSPS) is 12.9. The number of nitrogens with one attached hydrogen (secondary N) is 2. The second-order valence-electron chi connectivity index (χ2n) is 6.64. The number of rotatable bonds is 4. The van der Waals surface area contributed by atoms with E-state index in [0.29, 0.717) is 48.5 Å². The average Bonchev–Trinajstić information content (AvgIpc) is 3.37. The maximum absolute atomic E-state index is 13.0. The summed E-state index contributed by atoms with van der Waals surface area (Å²) in [5.74, 6) is 1.58. The summed E-state index contributed by atoms with van der Waals surface area (Å²) < 4.78 is 13.2. The fourth-order valence-electron chi connectivity index (χ4n) is 3.54. The van der Waals surface area contributed by atoms with E-state index in [1.54, 1.807) is 0 Å². The molecule has 1 aliphatic rings. The largest absolute Gasteiger partial charge is 0.486 e. The zero-order chi connectivity index (χ0) is 19.8. The number of nitrogens with zero attached hydrogens (tertiary/aromatic N) is 3. The second-order valence-corrected chi connectivity index (χ2v) is 6.64. The van der Waals surface area contributed by atoms with Crippen molar-refractivity contribution in [1.29, 1.82) is 0 Å². The Bertz CT molecular complexity index is 1210. The molecule has 4 aromatic rings. The van der Waals surface area contributed by atoms with E-state index in [9.17, 15) is 4.79 Å². The first-order valence-corrected chi connectivity index (χ1v) is 9.44. The molecule has 2 aromatic heterocycles. The summed E-state index contributed by atoms with van der Waals surface area (Å²) in [6.45, 7) is 3.74. The Hall–Kier alpha value is -3.81. The van der Waals surface area contributed by atoms with Crippen molar-refractivity contribution in [3.05, 3.63) is 54.2 Å². The van der Waals surface area contributed by atoms with Crippen molar-refractivity contribution in [2.24, 2.45) is 0 Å². The topological polar surface area (TPSA) is 94.1 Å². The van der Waals surface area contributed by atoms with Gasteiger partial charge in [0.25, 0.3) is 5.91 Å². The van der Waals surface area contributed by atoms with Gasteiger partial charge in [0.15, 0.2) is 11.5 Å². The van der Waals surface area contributed by atoms with Crippen molar-refractivity contribution >= 4 is 22.9 Å². The van der Waals surface area contributed by atoms with Crippen molar-refractivity contribution in [2.45, 2.75) is 13.5 Å². The summed E-state index contributed by atoms with van der Waals surface area (Å²) in [5.41, 5.74) is 3.64. The summed E-state index contributed by atoms with van der Waals surface area (Å²) in [6, 6.07) is 13.4. The summed E-state index contributed by atoms with van der Waals surface area (Å²) in [6.07, 6.45) is 1.51. The summed E-state index contributed by atoms with van der Waals surface area (Å²) in [4.78, 5) is 17.6. The van der Waals surface area contributed by atoms with Gasteiger partial charge < -0.3 is 14.0 Å². The van der Waals surface area contributed by atoms with E-state index in [2.05, 4.69) is 20.5 Å². The molecule has 146 valence electrons. The van der Waals surface area contributed by atoms with Gasteiger partial charge in [-0.15, -0.1) is 0 Å². The first kappa shape index (κ1) is 17.3. The van der Waals surface area contributed by atoms with Gasteiger partial charge in [-0.1, -0.05) is 12.1 Å². The number of carbonyl (C=O) groups is 1. The number of benzene rings is 2. The molecule has 8 heteroatoms. The van der Waals surface area contributed by atoms with Crippen molar-refractivity contribution in [1.82, 2.24) is 19.7 Å². The molecule has 2 N–H and O–H groups in total. The van der Waals surface area contributed by atoms with Crippen LogP contribution in [0, 0.1) is 0 Å². The van der Waals surface area contributed by atoms with Crippen LogP contribution in [0.15, 0.2) is 48.7 Å². The quantitative estimate of drug-likeness (QED) is 0.557. The van der Waals surface area contributed by atoms with Gasteiger partial charge in [0.2, 0.25) is 5.95 Å². The minimum Gasteiger partial charge on any atom is -0.486 e. The van der Waals surface area contributed by atoms with Crippen molar-refractivity contribution in [2.75, 3.05) is 18.5 Å². The Morgan fingerprint density at radius 2 is 2.00 bits per heavy atom. The number of H-pyrrole nitrogens is 1. The molecule has 8 nitrogen and oxygen atoms in total. The molecule has 5 rings (SSSR count). The van der Waals surface area contributed by atoms with Crippen LogP contribution in [0.4, 0.5) is 5.95 Å². The van der Waals surface area contributed by atoms with Crippen molar-refractivity contribution < 1.29 is 14.3 Å². The predicted octanol–water partition coefficient (Wildman–Crippen LogP) is 3.47. The van der Waals surface area contributed by atoms with Crippen LogP contribution in [-0.2, 0) is 6.54 Å². The number of aromatic amines is 1. The Labute approximate surface area is 166 Å². The number of hydrogen-bond donors (Lipinski definition) is 2. The van der Waals surface area contributed by atoms with Crippen LogP contribution in [0.5, 0.6) is 11.5 Å². The SMILES string of the molecule is CCn1c(NC(=O)c2cn[nH]c2-c2ccc3c(c2)OCCO3)nc2ccccc21. The van der Waals surface area contributed by atoms with Crippen molar-refractivity contribution in [3.8, 4) is 22.8 Å². The number of carbonyl (C=O) groups excluding carboxylic acids is 1. The molecule has 0 unspecified atom stereocenters. The molecule has 0 bridgehead atoms. The van der Waals surface area contributed by atoms with Crippen LogP contribution in [-0.4, -0.2) is 38.9 Å². The predicted molar refractivity (Wildman–Crippen MR) is 108 cm³/mol. The number of ether oxygens (including phenoxy) is 2. The maximum Gasteiger partial charge on any atom is 0.261 e. The lowest BCUT2D eigenvalue weighted by Crippen LogP contribution is -2.16. The minimum atomic E-state index is -0.284. The molecule has 29 heavy (non-hydrogen) atoms. The molecular weight excluding hydrogens is 370 g/mol. The molecule has 0 saturated carbocycles. The lowest BCUT2D eigenvalue weighted by atomic mass is 10.1. The number of aromatic nitrogens is 4. The highest BCUT2D eigenvalue weighted by Crippen LogP contribution is 2.35. The smallest absolute Gasteiger partial charge is 0.261 e. The Morgan fingerprint density at radius 1 is 1.17 bits per heavy atom. The Balaban J connectivity index is 1.47. The van der Waals surface area contributed by atoms with E-state index >= 15 is 0 Å². The number of anilines is 1. The molecule has 0 spiro atoms. The van der Waals surface area contributed by atoms with Gasteiger partial charge in [-0.2, -0.15) is 5.10 Å². The lowest BCUT2D eigenvalue weighted by molar-refractivity contribution is 0.102. The summed E-state index contributed by atoms with van der Waals surface area (Å²) in [7, 11) is 0. The van der Waals surface area contributed by atoms with Gasteiger partial charge in [0, 0.05) is 12.1 Å². The van der Waals surface area contributed by atoms with E-state index in [1.807, 2.05) is 54.0 Å². The third-order valence-corrected chi connectivity index (χ3v) is 4.91. The van der Waals surface area contributed by atoms with Gasteiger partial charge in [-0.25, -0.2) is 4.98 Å². The number of imidazole rings is 1. The first-order valence-electron chi connectivity index (χ1n) is 9.44.